The predicted molar refractivity (Wildman–Crippen MR) is 133 cm³/mol. The number of carbonyl (C=O) groups is 1. The number of ether oxygens (including phenoxy) is 1. The highest BCUT2D eigenvalue weighted by atomic mass is 16.5. The van der Waals surface area contributed by atoms with E-state index in [9.17, 15) is 9.59 Å². The first kappa shape index (κ1) is 24.8. The number of nitrogens with zero attached hydrogens (tertiary/aromatic N) is 3. The number of likely N-dealkylation sites (tertiary alicyclic amines) is 1. The molecule has 3 aromatic rings. The van der Waals surface area contributed by atoms with Gasteiger partial charge in [0, 0.05) is 25.6 Å². The second-order valence-electron chi connectivity index (χ2n) is 9.72. The Morgan fingerprint density at radius 1 is 1.06 bits per heavy atom. The van der Waals surface area contributed by atoms with Crippen molar-refractivity contribution < 1.29 is 9.53 Å². The van der Waals surface area contributed by atoms with Crippen LogP contribution < -0.4 is 10.9 Å². The van der Waals surface area contributed by atoms with Crippen molar-refractivity contribution in [2.24, 2.45) is 5.92 Å². The minimum absolute atomic E-state index is 0.0140. The monoisotopic (exact) mass is 475 g/mol. The van der Waals surface area contributed by atoms with Crippen LogP contribution in [0.2, 0.25) is 0 Å². The number of hydrogen-bond acceptors (Lipinski definition) is 6. The summed E-state index contributed by atoms with van der Waals surface area (Å²) in [5.74, 6) is 0.726. The SMILES string of the molecule is CC1CN(Cc2ccccc2)CC1c1nnc(CNC(=O)C(C)(C)OCc2ccccc2)c(=O)[nH]1. The minimum Gasteiger partial charge on any atom is -0.361 e. The van der Waals surface area contributed by atoms with E-state index in [1.807, 2.05) is 48.5 Å². The molecule has 1 fully saturated rings. The summed E-state index contributed by atoms with van der Waals surface area (Å²) in [6.07, 6.45) is 0. The number of H-pyrrole nitrogens is 1. The van der Waals surface area contributed by atoms with Crippen LogP contribution in [0.25, 0.3) is 0 Å². The van der Waals surface area contributed by atoms with E-state index >= 15 is 0 Å². The molecule has 2 unspecified atom stereocenters. The van der Waals surface area contributed by atoms with E-state index in [-0.39, 0.29) is 29.6 Å². The maximum Gasteiger partial charge on any atom is 0.274 e. The maximum absolute atomic E-state index is 12.7. The van der Waals surface area contributed by atoms with Crippen LogP contribution in [-0.4, -0.2) is 44.7 Å². The highest BCUT2D eigenvalue weighted by Crippen LogP contribution is 2.30. The number of amides is 1. The van der Waals surface area contributed by atoms with Gasteiger partial charge in [0.1, 0.15) is 17.1 Å². The molecule has 2 aromatic carbocycles. The number of hydrogen-bond donors (Lipinski definition) is 2. The van der Waals surface area contributed by atoms with Crippen molar-refractivity contribution in [2.45, 2.75) is 52.0 Å². The zero-order valence-electron chi connectivity index (χ0n) is 20.5. The van der Waals surface area contributed by atoms with Gasteiger partial charge in [0.2, 0.25) is 0 Å². The highest BCUT2D eigenvalue weighted by molar-refractivity contribution is 5.84. The molecule has 4 rings (SSSR count). The molecule has 2 N–H and O–H groups in total. The molecule has 184 valence electrons. The smallest absolute Gasteiger partial charge is 0.274 e. The van der Waals surface area contributed by atoms with Crippen LogP contribution in [0.15, 0.2) is 65.5 Å². The average Bonchev–Trinajstić information content (AvgIpc) is 3.22. The summed E-state index contributed by atoms with van der Waals surface area (Å²) in [6, 6.07) is 20.0. The summed E-state index contributed by atoms with van der Waals surface area (Å²) < 4.78 is 5.81. The quantitative estimate of drug-likeness (QED) is 0.494. The molecule has 35 heavy (non-hydrogen) atoms. The molecule has 0 saturated carbocycles. The number of aromatic amines is 1. The Morgan fingerprint density at radius 2 is 1.71 bits per heavy atom. The average molecular weight is 476 g/mol. The zero-order chi connectivity index (χ0) is 24.8. The first-order valence-corrected chi connectivity index (χ1v) is 12.0. The van der Waals surface area contributed by atoms with Gasteiger partial charge in [-0.05, 0) is 30.9 Å². The topological polar surface area (TPSA) is 100 Å². The molecule has 0 spiro atoms. The minimum atomic E-state index is -1.06. The van der Waals surface area contributed by atoms with Crippen LogP contribution in [0.5, 0.6) is 0 Å². The van der Waals surface area contributed by atoms with Crippen molar-refractivity contribution in [2.75, 3.05) is 13.1 Å². The van der Waals surface area contributed by atoms with Gasteiger partial charge in [0.05, 0.1) is 13.2 Å². The van der Waals surface area contributed by atoms with E-state index in [2.05, 4.69) is 44.5 Å². The van der Waals surface area contributed by atoms with Crippen LogP contribution in [0.1, 0.15) is 49.3 Å². The molecule has 8 heteroatoms. The molecule has 1 saturated heterocycles. The molecule has 2 heterocycles. The van der Waals surface area contributed by atoms with E-state index in [0.29, 0.717) is 18.3 Å². The zero-order valence-corrected chi connectivity index (χ0v) is 20.5. The van der Waals surface area contributed by atoms with Crippen molar-refractivity contribution in [1.29, 1.82) is 0 Å². The van der Waals surface area contributed by atoms with Gasteiger partial charge in [-0.25, -0.2) is 0 Å². The third kappa shape index (κ3) is 6.41. The Hall–Kier alpha value is -3.36. The van der Waals surface area contributed by atoms with Crippen LogP contribution in [0.4, 0.5) is 0 Å². The molecular weight excluding hydrogens is 442 g/mol. The molecule has 0 aliphatic carbocycles. The van der Waals surface area contributed by atoms with Gasteiger partial charge in [-0.3, -0.25) is 14.5 Å². The lowest BCUT2D eigenvalue weighted by Crippen LogP contribution is -2.44. The van der Waals surface area contributed by atoms with Crippen LogP contribution in [0, 0.1) is 5.92 Å². The second kappa shape index (κ2) is 10.9. The Balaban J connectivity index is 1.32. The van der Waals surface area contributed by atoms with Crippen molar-refractivity contribution in [3.05, 3.63) is 93.7 Å². The number of aromatic nitrogens is 3. The highest BCUT2D eigenvalue weighted by Gasteiger charge is 2.33. The Labute approximate surface area is 205 Å². The molecule has 0 bridgehead atoms. The van der Waals surface area contributed by atoms with Gasteiger partial charge in [0.25, 0.3) is 11.5 Å². The summed E-state index contributed by atoms with van der Waals surface area (Å²) in [4.78, 5) is 30.6. The van der Waals surface area contributed by atoms with Crippen molar-refractivity contribution in [3.63, 3.8) is 0 Å². The standard InChI is InChI=1S/C27H33N5O3/c1-19-15-32(16-20-10-6-4-7-11-20)17-22(19)24-29-25(33)23(30-31-24)14-28-26(34)27(2,3)35-18-21-12-8-5-9-13-21/h4-13,19,22H,14-18H2,1-3H3,(H,28,34)(H,29,31,33). The Kier molecular flexibility index (Phi) is 7.73. The van der Waals surface area contributed by atoms with E-state index in [1.54, 1.807) is 13.8 Å². The fraction of sp³-hybridized carbons (Fsp3) is 0.407. The van der Waals surface area contributed by atoms with E-state index < -0.39 is 5.60 Å². The molecule has 1 aliphatic heterocycles. The van der Waals surface area contributed by atoms with E-state index in [0.717, 1.165) is 25.2 Å². The molecule has 1 aromatic heterocycles. The van der Waals surface area contributed by atoms with Crippen LogP contribution in [0.3, 0.4) is 0 Å². The number of nitrogens with one attached hydrogen (secondary N) is 2. The summed E-state index contributed by atoms with van der Waals surface area (Å²) >= 11 is 0. The Bertz CT molecular complexity index is 1180. The fourth-order valence-electron chi connectivity index (χ4n) is 4.33. The predicted octanol–water partition coefficient (Wildman–Crippen LogP) is 3.01. The van der Waals surface area contributed by atoms with Gasteiger partial charge in [-0.1, -0.05) is 67.6 Å². The van der Waals surface area contributed by atoms with Crippen molar-refractivity contribution in [1.82, 2.24) is 25.4 Å². The van der Waals surface area contributed by atoms with Crippen molar-refractivity contribution in [3.8, 4) is 0 Å². The lowest BCUT2D eigenvalue weighted by molar-refractivity contribution is -0.144. The first-order valence-electron chi connectivity index (χ1n) is 12.0. The fourth-order valence-corrected chi connectivity index (χ4v) is 4.33. The molecule has 0 radical (unpaired) electrons. The second-order valence-corrected chi connectivity index (χ2v) is 9.72. The Morgan fingerprint density at radius 3 is 2.37 bits per heavy atom. The van der Waals surface area contributed by atoms with E-state index in [1.165, 1.54) is 5.56 Å². The van der Waals surface area contributed by atoms with Gasteiger partial charge >= 0.3 is 0 Å². The lowest BCUT2D eigenvalue weighted by atomic mass is 9.97. The van der Waals surface area contributed by atoms with Gasteiger partial charge in [0.15, 0.2) is 0 Å². The summed E-state index contributed by atoms with van der Waals surface area (Å²) in [5, 5.41) is 11.2. The molecule has 1 amide bonds. The summed E-state index contributed by atoms with van der Waals surface area (Å²) in [6.45, 7) is 8.48. The molecular formula is C27H33N5O3. The normalized spacial score (nSPS) is 18.5. The van der Waals surface area contributed by atoms with Gasteiger partial charge < -0.3 is 15.0 Å². The molecule has 8 nitrogen and oxygen atoms in total. The summed E-state index contributed by atoms with van der Waals surface area (Å²) in [5.41, 5.74) is 1.04. The van der Waals surface area contributed by atoms with Gasteiger partial charge in [-0.15, -0.1) is 10.2 Å². The van der Waals surface area contributed by atoms with Crippen molar-refractivity contribution >= 4 is 5.91 Å². The lowest BCUT2D eigenvalue weighted by Gasteiger charge is -2.24. The largest absolute Gasteiger partial charge is 0.361 e. The number of carbonyl (C=O) groups excluding carboxylic acids is 1. The number of rotatable bonds is 9. The first-order chi connectivity index (χ1) is 16.8. The van der Waals surface area contributed by atoms with Gasteiger partial charge in [-0.2, -0.15) is 0 Å². The third-order valence-corrected chi connectivity index (χ3v) is 6.48. The number of benzene rings is 2. The maximum atomic E-state index is 12.7. The summed E-state index contributed by atoms with van der Waals surface area (Å²) in [7, 11) is 0. The van der Waals surface area contributed by atoms with Crippen LogP contribution in [-0.2, 0) is 29.2 Å². The molecule has 2 atom stereocenters. The van der Waals surface area contributed by atoms with E-state index in [4.69, 9.17) is 4.74 Å². The molecule has 1 aliphatic rings. The van der Waals surface area contributed by atoms with Crippen LogP contribution >= 0.6 is 0 Å². The third-order valence-electron chi connectivity index (χ3n) is 6.48.